The lowest BCUT2D eigenvalue weighted by Gasteiger charge is -2.15. The predicted molar refractivity (Wildman–Crippen MR) is 94.8 cm³/mol. The van der Waals surface area contributed by atoms with Crippen LogP contribution in [0.2, 0.25) is 0 Å². The maximum atomic E-state index is 12.7. The number of hydrogen-bond acceptors (Lipinski definition) is 5. The fourth-order valence-electron chi connectivity index (χ4n) is 3.03. The topological polar surface area (TPSA) is 83.1 Å². The second-order valence-corrected chi connectivity index (χ2v) is 6.27. The Morgan fingerprint density at radius 3 is 3.16 bits per heavy atom. The van der Waals surface area contributed by atoms with Crippen LogP contribution in [-0.2, 0) is 0 Å². The molecule has 128 valence electrons. The summed E-state index contributed by atoms with van der Waals surface area (Å²) in [6.07, 6.45) is 4.36. The van der Waals surface area contributed by atoms with Crippen molar-refractivity contribution in [1.82, 2.24) is 20.1 Å². The van der Waals surface area contributed by atoms with E-state index < -0.39 is 0 Å². The first-order valence-electron chi connectivity index (χ1n) is 8.24. The van der Waals surface area contributed by atoms with Crippen LogP contribution in [0.25, 0.3) is 10.9 Å². The molecule has 1 fully saturated rings. The van der Waals surface area contributed by atoms with E-state index in [0.29, 0.717) is 17.1 Å². The zero-order valence-corrected chi connectivity index (χ0v) is 13.9. The van der Waals surface area contributed by atoms with Gasteiger partial charge in [0.05, 0.1) is 11.7 Å². The van der Waals surface area contributed by atoms with Crippen molar-refractivity contribution in [3.8, 4) is 5.88 Å². The number of likely N-dealkylation sites (tertiary alicyclic amines) is 1. The summed E-state index contributed by atoms with van der Waals surface area (Å²) in [6, 6.07) is 9.06. The van der Waals surface area contributed by atoms with E-state index in [4.69, 9.17) is 4.74 Å². The number of ether oxygens (including phenoxy) is 1. The zero-order chi connectivity index (χ0) is 17.2. The molecule has 2 N–H and O–H groups in total. The summed E-state index contributed by atoms with van der Waals surface area (Å²) in [6.45, 7) is 1.83. The van der Waals surface area contributed by atoms with Crippen molar-refractivity contribution in [2.24, 2.45) is 0 Å². The summed E-state index contributed by atoms with van der Waals surface area (Å²) < 4.78 is 5.96. The van der Waals surface area contributed by atoms with E-state index in [9.17, 15) is 4.79 Å². The van der Waals surface area contributed by atoms with Crippen LogP contribution in [0.3, 0.4) is 0 Å². The van der Waals surface area contributed by atoms with Gasteiger partial charge in [0.2, 0.25) is 5.88 Å². The molecule has 1 aliphatic rings. The molecule has 7 heteroatoms. The van der Waals surface area contributed by atoms with Crippen molar-refractivity contribution >= 4 is 22.5 Å². The van der Waals surface area contributed by atoms with Crippen LogP contribution in [0.4, 0.5) is 5.69 Å². The van der Waals surface area contributed by atoms with Crippen LogP contribution in [-0.4, -0.2) is 52.2 Å². The molecule has 1 aromatic carbocycles. The molecule has 3 aromatic rings. The number of fused-ring (bicyclic) bond motifs is 1. The van der Waals surface area contributed by atoms with E-state index in [2.05, 4.69) is 32.4 Å². The van der Waals surface area contributed by atoms with E-state index in [1.54, 1.807) is 24.5 Å². The minimum atomic E-state index is -0.239. The number of likely N-dealkylation sites (N-methyl/N-ethyl adjacent to an activating group) is 1. The molecule has 0 aliphatic carbocycles. The van der Waals surface area contributed by atoms with E-state index in [0.717, 1.165) is 30.4 Å². The van der Waals surface area contributed by atoms with Gasteiger partial charge < -0.3 is 15.0 Å². The Bertz CT molecular complexity index is 907. The highest BCUT2D eigenvalue weighted by molar-refractivity contribution is 6.06. The van der Waals surface area contributed by atoms with E-state index in [1.807, 2.05) is 18.2 Å². The highest BCUT2D eigenvalue weighted by Crippen LogP contribution is 2.22. The molecular weight excluding hydrogens is 318 g/mol. The Balaban J connectivity index is 1.53. The summed E-state index contributed by atoms with van der Waals surface area (Å²) >= 11 is 0. The number of carbonyl (C=O) groups excluding carboxylic acids is 1. The lowest BCUT2D eigenvalue weighted by Crippen LogP contribution is -2.23. The van der Waals surface area contributed by atoms with Crippen LogP contribution in [0.1, 0.15) is 16.8 Å². The van der Waals surface area contributed by atoms with Gasteiger partial charge in [-0.25, -0.2) is 4.98 Å². The predicted octanol–water partition coefficient (Wildman–Crippen LogP) is 2.29. The maximum absolute atomic E-state index is 12.7. The Labute approximate surface area is 145 Å². The smallest absolute Gasteiger partial charge is 0.261 e. The van der Waals surface area contributed by atoms with Gasteiger partial charge in [0, 0.05) is 30.4 Å². The lowest BCUT2D eigenvalue weighted by molar-refractivity contribution is 0.101. The largest absolute Gasteiger partial charge is 0.472 e. The van der Waals surface area contributed by atoms with Gasteiger partial charge in [0.15, 0.2) is 0 Å². The summed E-state index contributed by atoms with van der Waals surface area (Å²) in [5.41, 5.74) is 2.06. The van der Waals surface area contributed by atoms with Gasteiger partial charge in [0.25, 0.3) is 5.91 Å². The molecule has 1 saturated heterocycles. The van der Waals surface area contributed by atoms with Crippen molar-refractivity contribution in [2.45, 2.75) is 12.5 Å². The minimum Gasteiger partial charge on any atom is -0.472 e. The summed E-state index contributed by atoms with van der Waals surface area (Å²) in [5, 5.41) is 10.7. The summed E-state index contributed by atoms with van der Waals surface area (Å²) in [5.74, 6) is 0.141. The Hall–Kier alpha value is -2.93. The van der Waals surface area contributed by atoms with Crippen LogP contribution in [0, 0.1) is 0 Å². The molecule has 25 heavy (non-hydrogen) atoms. The number of nitrogens with zero attached hydrogens (tertiary/aromatic N) is 3. The molecule has 1 aliphatic heterocycles. The number of nitrogens with one attached hydrogen (secondary N) is 2. The number of carbonyl (C=O) groups is 1. The van der Waals surface area contributed by atoms with Crippen LogP contribution in [0.15, 0.2) is 42.7 Å². The van der Waals surface area contributed by atoms with Crippen molar-refractivity contribution in [2.75, 3.05) is 25.5 Å². The van der Waals surface area contributed by atoms with E-state index in [-0.39, 0.29) is 12.0 Å². The SMILES string of the molecule is CN1CC[C@@H](Oc2ncccc2C(=O)Nc2ccc3[nH]ncc3c2)C1. The molecule has 1 amide bonds. The molecule has 0 spiro atoms. The van der Waals surface area contributed by atoms with E-state index >= 15 is 0 Å². The third kappa shape index (κ3) is 3.32. The number of hydrogen-bond donors (Lipinski definition) is 2. The second-order valence-electron chi connectivity index (χ2n) is 6.27. The monoisotopic (exact) mass is 337 g/mol. The minimum absolute atomic E-state index is 0.0636. The summed E-state index contributed by atoms with van der Waals surface area (Å²) in [7, 11) is 2.06. The van der Waals surface area contributed by atoms with Crippen molar-refractivity contribution in [3.05, 3.63) is 48.3 Å². The van der Waals surface area contributed by atoms with Crippen molar-refractivity contribution in [1.29, 1.82) is 0 Å². The first-order chi connectivity index (χ1) is 12.2. The summed E-state index contributed by atoms with van der Waals surface area (Å²) in [4.78, 5) is 19.1. The van der Waals surface area contributed by atoms with Gasteiger partial charge in [-0.05, 0) is 43.8 Å². The molecule has 0 radical (unpaired) electrons. The molecule has 2 aromatic heterocycles. The third-order valence-electron chi connectivity index (χ3n) is 4.34. The molecule has 4 rings (SSSR count). The molecule has 3 heterocycles. The molecule has 0 saturated carbocycles. The quantitative estimate of drug-likeness (QED) is 0.763. The second kappa shape index (κ2) is 6.52. The van der Waals surface area contributed by atoms with Crippen molar-refractivity contribution < 1.29 is 9.53 Å². The molecule has 0 unspecified atom stereocenters. The van der Waals surface area contributed by atoms with Crippen LogP contribution >= 0.6 is 0 Å². The molecule has 7 nitrogen and oxygen atoms in total. The van der Waals surface area contributed by atoms with Gasteiger partial charge in [0.1, 0.15) is 11.7 Å². The Kier molecular flexibility index (Phi) is 4.07. The van der Waals surface area contributed by atoms with Gasteiger partial charge in [-0.15, -0.1) is 0 Å². The molecular formula is C18H19N5O2. The number of aromatic nitrogens is 3. The fourth-order valence-corrected chi connectivity index (χ4v) is 3.03. The third-order valence-corrected chi connectivity index (χ3v) is 4.34. The Morgan fingerprint density at radius 2 is 2.32 bits per heavy atom. The fraction of sp³-hybridized carbons (Fsp3) is 0.278. The number of aromatic amines is 1. The van der Waals surface area contributed by atoms with Gasteiger partial charge in [-0.2, -0.15) is 5.10 Å². The zero-order valence-electron chi connectivity index (χ0n) is 13.9. The number of anilines is 1. The molecule has 1 atom stereocenters. The highest BCUT2D eigenvalue weighted by atomic mass is 16.5. The first kappa shape index (κ1) is 15.6. The van der Waals surface area contributed by atoms with Gasteiger partial charge in [-0.3, -0.25) is 9.89 Å². The van der Waals surface area contributed by atoms with Gasteiger partial charge >= 0.3 is 0 Å². The highest BCUT2D eigenvalue weighted by Gasteiger charge is 2.24. The number of amides is 1. The lowest BCUT2D eigenvalue weighted by atomic mass is 10.2. The molecule has 0 bridgehead atoms. The number of benzene rings is 1. The van der Waals surface area contributed by atoms with Crippen LogP contribution in [0.5, 0.6) is 5.88 Å². The number of rotatable bonds is 4. The standard InChI is InChI=1S/C18H19N5O2/c1-23-8-6-14(11-23)25-18-15(3-2-7-19-18)17(24)21-13-4-5-16-12(9-13)10-20-22-16/h2-5,7,9-10,14H,6,8,11H2,1H3,(H,20,22)(H,21,24)/t14-/m1/s1. The Morgan fingerprint density at radius 1 is 1.40 bits per heavy atom. The first-order valence-corrected chi connectivity index (χ1v) is 8.24. The number of pyridine rings is 1. The average Bonchev–Trinajstić information content (AvgIpc) is 3.23. The van der Waals surface area contributed by atoms with Crippen molar-refractivity contribution in [3.63, 3.8) is 0 Å². The average molecular weight is 337 g/mol. The van der Waals surface area contributed by atoms with E-state index in [1.165, 1.54) is 0 Å². The maximum Gasteiger partial charge on any atom is 0.261 e. The van der Waals surface area contributed by atoms with Gasteiger partial charge in [-0.1, -0.05) is 0 Å². The van der Waals surface area contributed by atoms with Crippen LogP contribution < -0.4 is 10.1 Å². The number of H-pyrrole nitrogens is 1. The normalized spacial score (nSPS) is 17.7.